The summed E-state index contributed by atoms with van der Waals surface area (Å²) in [4.78, 5) is 13.0. The maximum atomic E-state index is 13.0. The second-order valence-electron chi connectivity index (χ2n) is 20.0. The molecule has 1 heterocycles. The van der Waals surface area contributed by atoms with E-state index in [0.717, 1.165) is 128 Å². The molecule has 0 radical (unpaired) electrons. The summed E-state index contributed by atoms with van der Waals surface area (Å²) in [6.07, 6.45) is 80.4. The molecule has 1 rings (SSSR count). The van der Waals surface area contributed by atoms with Crippen LogP contribution in [0.5, 0.6) is 0 Å². The lowest BCUT2D eigenvalue weighted by Crippen LogP contribution is -2.60. The van der Waals surface area contributed by atoms with E-state index in [0.29, 0.717) is 6.42 Å². The largest absolute Gasteiger partial charge is 0.394 e. The molecule has 434 valence electrons. The number of aliphatic hydroxyl groups excluding tert-OH is 5. The molecule has 0 aromatic rings. The molecular weight excluding hydrogens is 959 g/mol. The molecular formula is C68H109NO8. The van der Waals surface area contributed by atoms with E-state index in [1.807, 2.05) is 6.08 Å². The van der Waals surface area contributed by atoms with Gasteiger partial charge in [-0.2, -0.15) is 0 Å². The van der Waals surface area contributed by atoms with Gasteiger partial charge in [-0.05, 0) is 122 Å². The number of carbonyl (C=O) groups excluding carboxylic acids is 1. The average molecular weight is 1070 g/mol. The van der Waals surface area contributed by atoms with E-state index in [4.69, 9.17) is 9.47 Å². The van der Waals surface area contributed by atoms with Crippen LogP contribution in [-0.2, 0) is 14.3 Å². The first kappa shape index (κ1) is 70.8. The van der Waals surface area contributed by atoms with Crippen molar-refractivity contribution < 1.29 is 39.8 Å². The fourth-order valence-corrected chi connectivity index (χ4v) is 8.33. The Morgan fingerprint density at radius 2 is 0.818 bits per heavy atom. The molecule has 0 aromatic carbocycles. The molecule has 0 saturated carbocycles. The Morgan fingerprint density at radius 1 is 0.455 bits per heavy atom. The highest BCUT2D eigenvalue weighted by atomic mass is 16.7. The van der Waals surface area contributed by atoms with Crippen molar-refractivity contribution in [2.75, 3.05) is 13.2 Å². The monoisotopic (exact) mass is 1070 g/mol. The minimum Gasteiger partial charge on any atom is -0.394 e. The first-order chi connectivity index (χ1) is 37.8. The summed E-state index contributed by atoms with van der Waals surface area (Å²) >= 11 is 0. The summed E-state index contributed by atoms with van der Waals surface area (Å²) in [5, 5.41) is 54.4. The molecule has 1 saturated heterocycles. The first-order valence-electron chi connectivity index (χ1n) is 30.2. The van der Waals surface area contributed by atoms with Gasteiger partial charge in [0.15, 0.2) is 6.29 Å². The Kier molecular flexibility index (Phi) is 50.7. The van der Waals surface area contributed by atoms with Gasteiger partial charge in [0.2, 0.25) is 5.91 Å². The molecule has 9 heteroatoms. The minimum absolute atomic E-state index is 0.204. The van der Waals surface area contributed by atoms with E-state index < -0.39 is 49.5 Å². The number of carbonyl (C=O) groups is 1. The third-order valence-corrected chi connectivity index (χ3v) is 13.1. The summed E-state index contributed by atoms with van der Waals surface area (Å²) in [6.45, 7) is 3.58. The zero-order valence-electron chi connectivity index (χ0n) is 48.1. The maximum Gasteiger partial charge on any atom is 0.220 e. The van der Waals surface area contributed by atoms with E-state index in [9.17, 15) is 30.3 Å². The van der Waals surface area contributed by atoms with Gasteiger partial charge >= 0.3 is 0 Å². The van der Waals surface area contributed by atoms with Gasteiger partial charge in [-0.3, -0.25) is 4.79 Å². The highest BCUT2D eigenvalue weighted by Gasteiger charge is 2.44. The zero-order valence-corrected chi connectivity index (χ0v) is 48.1. The van der Waals surface area contributed by atoms with Gasteiger partial charge in [0, 0.05) is 6.42 Å². The lowest BCUT2D eigenvalue weighted by molar-refractivity contribution is -0.302. The van der Waals surface area contributed by atoms with E-state index in [2.05, 4.69) is 165 Å². The second kappa shape index (κ2) is 55.1. The van der Waals surface area contributed by atoms with Crippen LogP contribution in [0.15, 0.2) is 158 Å². The van der Waals surface area contributed by atoms with Crippen molar-refractivity contribution in [1.29, 1.82) is 0 Å². The number of hydrogen-bond donors (Lipinski definition) is 6. The van der Waals surface area contributed by atoms with Gasteiger partial charge in [0.1, 0.15) is 24.4 Å². The highest BCUT2D eigenvalue weighted by Crippen LogP contribution is 2.22. The summed E-state index contributed by atoms with van der Waals surface area (Å²) in [5.41, 5.74) is 0. The van der Waals surface area contributed by atoms with Crippen molar-refractivity contribution in [3.8, 4) is 0 Å². The Hall–Kier alpha value is -4.19. The van der Waals surface area contributed by atoms with Gasteiger partial charge in [-0.25, -0.2) is 0 Å². The third kappa shape index (κ3) is 44.4. The Balaban J connectivity index is 2.15. The topological polar surface area (TPSA) is 149 Å². The Morgan fingerprint density at radius 3 is 1.25 bits per heavy atom. The van der Waals surface area contributed by atoms with Crippen molar-refractivity contribution in [3.05, 3.63) is 158 Å². The second-order valence-corrected chi connectivity index (χ2v) is 20.0. The fraction of sp³-hybridized carbons (Fsp3) is 0.603. The highest BCUT2D eigenvalue weighted by molar-refractivity contribution is 5.76. The van der Waals surface area contributed by atoms with Crippen LogP contribution in [0, 0.1) is 0 Å². The molecule has 0 bridgehead atoms. The fourth-order valence-electron chi connectivity index (χ4n) is 8.33. The molecule has 1 aliphatic heterocycles. The summed E-state index contributed by atoms with van der Waals surface area (Å²) in [6, 6.07) is -0.840. The van der Waals surface area contributed by atoms with Crippen LogP contribution in [-0.4, -0.2) is 87.5 Å². The molecule has 0 aromatic heterocycles. The maximum absolute atomic E-state index is 13.0. The quantitative estimate of drug-likeness (QED) is 0.0261. The number of aliphatic hydroxyl groups is 5. The first-order valence-corrected chi connectivity index (χ1v) is 30.2. The van der Waals surface area contributed by atoms with Crippen molar-refractivity contribution in [3.63, 3.8) is 0 Å². The molecule has 6 N–H and O–H groups in total. The summed E-state index contributed by atoms with van der Waals surface area (Å²) in [7, 11) is 0. The normalized spacial score (nSPS) is 19.9. The molecule has 0 aliphatic carbocycles. The smallest absolute Gasteiger partial charge is 0.220 e. The summed E-state index contributed by atoms with van der Waals surface area (Å²) in [5.74, 6) is -0.204. The number of allylic oxidation sites excluding steroid dienone is 25. The lowest BCUT2D eigenvalue weighted by Gasteiger charge is -2.40. The van der Waals surface area contributed by atoms with E-state index in [-0.39, 0.29) is 12.5 Å². The van der Waals surface area contributed by atoms with Crippen LogP contribution in [0.3, 0.4) is 0 Å². The molecule has 7 unspecified atom stereocenters. The van der Waals surface area contributed by atoms with E-state index >= 15 is 0 Å². The molecule has 7 atom stereocenters. The van der Waals surface area contributed by atoms with Gasteiger partial charge < -0.3 is 40.3 Å². The van der Waals surface area contributed by atoms with Gasteiger partial charge in [-0.15, -0.1) is 0 Å². The molecule has 0 spiro atoms. The predicted molar refractivity (Wildman–Crippen MR) is 326 cm³/mol. The van der Waals surface area contributed by atoms with Gasteiger partial charge in [-0.1, -0.05) is 236 Å². The van der Waals surface area contributed by atoms with Crippen LogP contribution in [0.4, 0.5) is 0 Å². The van der Waals surface area contributed by atoms with E-state index in [1.165, 1.54) is 57.8 Å². The van der Waals surface area contributed by atoms with Crippen LogP contribution < -0.4 is 5.32 Å². The van der Waals surface area contributed by atoms with Gasteiger partial charge in [0.05, 0.1) is 25.4 Å². The minimum atomic E-state index is -1.58. The summed E-state index contributed by atoms with van der Waals surface area (Å²) < 4.78 is 11.2. The molecule has 77 heavy (non-hydrogen) atoms. The van der Waals surface area contributed by atoms with Crippen LogP contribution in [0.1, 0.15) is 206 Å². The standard InChI is InChI=1S/C68H109NO8/c1-3-5-7-9-11-13-15-17-18-19-20-21-22-23-24-25-26-27-28-29-30-31-32-33-34-35-36-37-38-39-40-41-42-43-44-46-48-50-52-54-56-58-64(72)69-61(60-76-68-67(75)66(74)65(73)63(59-70)77-68)62(71)57-55-53-51-49-47-45-16-14-12-10-8-6-4-2/h5,7,11-14,17-18,20-21,23-24,26-27,29-30,32-33,35-36,38-39,47,49,55,57,61-63,65-68,70-71,73-75H,3-4,6,8-10,15-16,19,22,25,28,31,34,37,40-46,48,50-54,56,58-60H2,1-2H3,(H,69,72)/b7-5-,13-11-,14-12+,18-17-,21-20-,24-23-,27-26-,30-29-,33-32-,36-35-,39-38-,49-47+,57-55+. The van der Waals surface area contributed by atoms with E-state index in [1.54, 1.807) is 6.08 Å². The van der Waals surface area contributed by atoms with Crippen molar-refractivity contribution in [2.45, 2.75) is 249 Å². The molecule has 1 fully saturated rings. The Labute approximate surface area is 469 Å². The van der Waals surface area contributed by atoms with Crippen molar-refractivity contribution >= 4 is 5.91 Å². The number of hydrogen-bond acceptors (Lipinski definition) is 8. The van der Waals surface area contributed by atoms with Gasteiger partial charge in [0.25, 0.3) is 0 Å². The predicted octanol–water partition coefficient (Wildman–Crippen LogP) is 15.6. The number of rotatable bonds is 49. The number of ether oxygens (including phenoxy) is 2. The molecule has 1 amide bonds. The third-order valence-electron chi connectivity index (χ3n) is 13.1. The zero-order chi connectivity index (χ0) is 55.8. The number of amides is 1. The number of nitrogens with one attached hydrogen (secondary N) is 1. The van der Waals surface area contributed by atoms with Crippen LogP contribution in [0.2, 0.25) is 0 Å². The van der Waals surface area contributed by atoms with Crippen LogP contribution >= 0.6 is 0 Å². The average Bonchev–Trinajstić information content (AvgIpc) is 3.43. The Bertz CT molecular complexity index is 1760. The van der Waals surface area contributed by atoms with Crippen molar-refractivity contribution in [2.24, 2.45) is 0 Å². The van der Waals surface area contributed by atoms with Crippen molar-refractivity contribution in [1.82, 2.24) is 5.32 Å². The SMILES string of the molecule is CC/C=C\C/C=C\C/C=C\C/C=C\C/C=C\C/C=C\C/C=C\C/C=C\C/C=C\C/C=C\CCCCCCCCCCCCC(=O)NC(COC1OC(CO)C(O)C(O)C1O)C(O)/C=C/CC/C=C/CC/C=C/CCCCC. The lowest BCUT2D eigenvalue weighted by atomic mass is 9.99. The molecule has 9 nitrogen and oxygen atoms in total. The van der Waals surface area contributed by atoms with Crippen LogP contribution in [0.25, 0.3) is 0 Å². The molecule has 1 aliphatic rings. The number of unbranched alkanes of at least 4 members (excludes halogenated alkanes) is 15.